The number of nitrogens with zero attached hydrogens (tertiary/aromatic N) is 2. The third-order valence-electron chi connectivity index (χ3n) is 3.86. The van der Waals surface area contributed by atoms with E-state index in [2.05, 4.69) is 22.4 Å². The van der Waals surface area contributed by atoms with Crippen molar-refractivity contribution in [2.45, 2.75) is 6.42 Å². The average molecular weight is 227 g/mol. The van der Waals surface area contributed by atoms with Crippen LogP contribution in [0.1, 0.15) is 12.0 Å². The van der Waals surface area contributed by atoms with E-state index in [9.17, 15) is 0 Å². The predicted molar refractivity (Wildman–Crippen MR) is 67.8 cm³/mol. The largest absolute Gasteiger partial charge is 0.370 e. The molecule has 2 aliphatic heterocycles. The van der Waals surface area contributed by atoms with Gasteiger partial charge in [0.15, 0.2) is 0 Å². The Morgan fingerprint density at radius 2 is 1.88 bits per heavy atom. The fourth-order valence-corrected chi connectivity index (χ4v) is 3.15. The lowest BCUT2D eigenvalue weighted by Crippen LogP contribution is -2.51. The van der Waals surface area contributed by atoms with Gasteiger partial charge in [-0.2, -0.15) is 5.26 Å². The lowest BCUT2D eigenvalue weighted by molar-refractivity contribution is 0.249. The highest BCUT2D eigenvalue weighted by Gasteiger charge is 2.31. The van der Waals surface area contributed by atoms with Gasteiger partial charge < -0.3 is 10.2 Å². The van der Waals surface area contributed by atoms with Crippen LogP contribution in [0.4, 0.5) is 5.69 Å². The normalized spacial score (nSPS) is 27.6. The molecular weight excluding hydrogens is 210 g/mol. The second kappa shape index (κ2) is 4.38. The molecule has 3 heteroatoms. The number of nitrogens with one attached hydrogen (secondary N) is 1. The smallest absolute Gasteiger partial charge is 0.101 e. The topological polar surface area (TPSA) is 39.1 Å². The summed E-state index contributed by atoms with van der Waals surface area (Å²) in [7, 11) is 0. The van der Waals surface area contributed by atoms with E-state index >= 15 is 0 Å². The Labute approximate surface area is 102 Å². The molecule has 2 saturated heterocycles. The summed E-state index contributed by atoms with van der Waals surface area (Å²) < 4.78 is 0. The molecule has 1 aromatic carbocycles. The van der Waals surface area contributed by atoms with Crippen LogP contribution >= 0.6 is 0 Å². The molecule has 17 heavy (non-hydrogen) atoms. The van der Waals surface area contributed by atoms with Crippen LogP contribution in [0.25, 0.3) is 0 Å². The minimum absolute atomic E-state index is 0.745. The molecule has 0 spiro atoms. The first-order chi connectivity index (χ1) is 8.36. The van der Waals surface area contributed by atoms with E-state index in [4.69, 9.17) is 5.26 Å². The molecule has 0 aliphatic carbocycles. The highest BCUT2D eigenvalue weighted by atomic mass is 15.2. The van der Waals surface area contributed by atoms with Crippen LogP contribution in [0.5, 0.6) is 0 Å². The maximum absolute atomic E-state index is 9.16. The zero-order valence-electron chi connectivity index (χ0n) is 9.89. The molecule has 0 saturated carbocycles. The van der Waals surface area contributed by atoms with Crippen molar-refractivity contribution >= 4 is 5.69 Å². The molecular formula is C14H17N3. The van der Waals surface area contributed by atoms with Crippen molar-refractivity contribution in [3.05, 3.63) is 29.8 Å². The molecule has 1 N–H and O–H groups in total. The number of fused-ring (bicyclic) bond motifs is 2. The summed E-state index contributed by atoms with van der Waals surface area (Å²) in [6, 6.07) is 10.3. The van der Waals surface area contributed by atoms with Crippen LogP contribution in [-0.4, -0.2) is 26.2 Å². The van der Waals surface area contributed by atoms with Gasteiger partial charge in [-0.1, -0.05) is 12.1 Å². The van der Waals surface area contributed by atoms with E-state index in [1.54, 1.807) is 0 Å². The Hall–Kier alpha value is -1.53. The van der Waals surface area contributed by atoms with E-state index < -0.39 is 0 Å². The van der Waals surface area contributed by atoms with E-state index in [1.807, 2.05) is 18.2 Å². The Morgan fingerprint density at radius 1 is 1.18 bits per heavy atom. The Bertz CT molecular complexity index is 437. The van der Waals surface area contributed by atoms with Crippen LogP contribution in [0, 0.1) is 23.2 Å². The van der Waals surface area contributed by atoms with Crippen LogP contribution in [0.2, 0.25) is 0 Å². The third kappa shape index (κ3) is 2.01. The zero-order valence-corrected chi connectivity index (χ0v) is 9.89. The van der Waals surface area contributed by atoms with E-state index in [0.717, 1.165) is 49.3 Å². The lowest BCUT2D eigenvalue weighted by atomic mass is 9.85. The maximum Gasteiger partial charge on any atom is 0.101 e. The Kier molecular flexibility index (Phi) is 2.74. The number of hydrogen-bond donors (Lipinski definition) is 1. The van der Waals surface area contributed by atoms with Gasteiger partial charge in [0.05, 0.1) is 11.3 Å². The van der Waals surface area contributed by atoms with Gasteiger partial charge in [0.1, 0.15) is 6.07 Å². The number of rotatable bonds is 1. The van der Waals surface area contributed by atoms with Crippen molar-refractivity contribution in [3.8, 4) is 6.07 Å². The van der Waals surface area contributed by atoms with Crippen LogP contribution < -0.4 is 10.2 Å². The standard InChI is InChI=1S/C14H17N3/c15-6-13-3-1-2-4-14(13)17-9-11-5-12(10-17)8-16-7-11/h1-4,11-12,16H,5,7-10H2. The molecule has 0 aromatic heterocycles. The minimum atomic E-state index is 0.745. The number of nitriles is 1. The summed E-state index contributed by atoms with van der Waals surface area (Å²) in [5.41, 5.74) is 1.92. The lowest BCUT2D eigenvalue weighted by Gasteiger charge is -2.43. The van der Waals surface area contributed by atoms with Crippen molar-refractivity contribution < 1.29 is 0 Å². The minimum Gasteiger partial charge on any atom is -0.370 e. The molecule has 2 atom stereocenters. The van der Waals surface area contributed by atoms with Gasteiger partial charge in [0, 0.05) is 13.1 Å². The summed E-state index contributed by atoms with van der Waals surface area (Å²) >= 11 is 0. The Balaban J connectivity index is 1.87. The second-order valence-corrected chi connectivity index (χ2v) is 5.16. The quantitative estimate of drug-likeness (QED) is 0.792. The zero-order chi connectivity index (χ0) is 11.7. The second-order valence-electron chi connectivity index (χ2n) is 5.16. The Morgan fingerprint density at radius 3 is 2.59 bits per heavy atom. The first-order valence-electron chi connectivity index (χ1n) is 6.31. The highest BCUT2D eigenvalue weighted by Crippen LogP contribution is 2.30. The van der Waals surface area contributed by atoms with Crippen LogP contribution in [-0.2, 0) is 0 Å². The SMILES string of the molecule is N#Cc1ccccc1N1CC2CNCC(C2)C1. The van der Waals surface area contributed by atoms with Crippen LogP contribution in [0.15, 0.2) is 24.3 Å². The number of anilines is 1. The van der Waals surface area contributed by atoms with Crippen molar-refractivity contribution in [3.63, 3.8) is 0 Å². The third-order valence-corrected chi connectivity index (χ3v) is 3.86. The monoisotopic (exact) mass is 227 g/mol. The fraction of sp³-hybridized carbons (Fsp3) is 0.500. The van der Waals surface area contributed by atoms with Crippen molar-refractivity contribution in [2.75, 3.05) is 31.1 Å². The number of para-hydroxylation sites is 1. The van der Waals surface area contributed by atoms with E-state index in [1.165, 1.54) is 6.42 Å². The molecule has 2 aliphatic rings. The van der Waals surface area contributed by atoms with Gasteiger partial charge in [-0.15, -0.1) is 0 Å². The molecule has 0 amide bonds. The van der Waals surface area contributed by atoms with Crippen molar-refractivity contribution in [1.82, 2.24) is 5.32 Å². The molecule has 2 fully saturated rings. The van der Waals surface area contributed by atoms with Gasteiger partial charge >= 0.3 is 0 Å². The first kappa shape index (κ1) is 10.6. The molecule has 2 unspecified atom stereocenters. The van der Waals surface area contributed by atoms with Gasteiger partial charge in [-0.05, 0) is 43.5 Å². The summed E-state index contributed by atoms with van der Waals surface area (Å²) in [6.45, 7) is 4.42. The van der Waals surface area contributed by atoms with Gasteiger partial charge in [0.25, 0.3) is 0 Å². The summed E-state index contributed by atoms with van der Waals surface area (Å²) in [5, 5.41) is 12.7. The van der Waals surface area contributed by atoms with Gasteiger partial charge in [-0.25, -0.2) is 0 Å². The molecule has 0 radical (unpaired) electrons. The first-order valence-corrected chi connectivity index (χ1v) is 6.31. The van der Waals surface area contributed by atoms with Gasteiger partial charge in [-0.3, -0.25) is 0 Å². The average Bonchev–Trinajstić information content (AvgIpc) is 2.38. The number of hydrogen-bond acceptors (Lipinski definition) is 3. The molecule has 88 valence electrons. The molecule has 3 rings (SSSR count). The van der Waals surface area contributed by atoms with E-state index in [-0.39, 0.29) is 0 Å². The molecule has 1 aromatic rings. The summed E-state index contributed by atoms with van der Waals surface area (Å²) in [6.07, 6.45) is 1.35. The maximum atomic E-state index is 9.16. The fourth-order valence-electron chi connectivity index (χ4n) is 3.15. The molecule has 2 bridgehead atoms. The van der Waals surface area contributed by atoms with Crippen molar-refractivity contribution in [1.29, 1.82) is 5.26 Å². The predicted octanol–water partition coefficient (Wildman–Crippen LogP) is 1.60. The number of benzene rings is 1. The summed E-state index contributed by atoms with van der Waals surface area (Å²) in [5.74, 6) is 1.49. The number of piperidine rings is 2. The molecule has 3 nitrogen and oxygen atoms in total. The highest BCUT2D eigenvalue weighted by molar-refractivity contribution is 5.59. The molecule has 2 heterocycles. The summed E-state index contributed by atoms with van der Waals surface area (Å²) in [4.78, 5) is 2.40. The van der Waals surface area contributed by atoms with Crippen LogP contribution in [0.3, 0.4) is 0 Å². The van der Waals surface area contributed by atoms with Crippen molar-refractivity contribution in [2.24, 2.45) is 11.8 Å². The van der Waals surface area contributed by atoms with Gasteiger partial charge in [0.2, 0.25) is 0 Å². The van der Waals surface area contributed by atoms with E-state index in [0.29, 0.717) is 0 Å².